The van der Waals surface area contributed by atoms with Crippen LogP contribution in [-0.2, 0) is 6.54 Å². The Balaban J connectivity index is 0.00000144. The molecule has 0 aliphatic carbocycles. The molecule has 0 aromatic heterocycles. The molecule has 72 valence electrons. The first-order valence-corrected chi connectivity index (χ1v) is 3.35. The average molecular weight is 205 g/mol. The fraction of sp³-hybridized carbons (Fsp3) is 0.143. The number of nitro groups is 1. The first-order chi connectivity index (χ1) is 5.75. The van der Waals surface area contributed by atoms with Gasteiger partial charge in [0.2, 0.25) is 0 Å². The Morgan fingerprint density at radius 2 is 2.08 bits per heavy atom. The molecule has 2 N–H and O–H groups in total. The van der Waals surface area contributed by atoms with E-state index < -0.39 is 4.92 Å². The molecule has 6 heteroatoms. The highest BCUT2D eigenvalue weighted by Crippen LogP contribution is 2.16. The molecule has 0 aliphatic rings. The van der Waals surface area contributed by atoms with Gasteiger partial charge in [-0.3, -0.25) is 10.1 Å². The Morgan fingerprint density at radius 1 is 1.46 bits per heavy atom. The number of rotatable bonds is 3. The quantitative estimate of drug-likeness (QED) is 0.578. The van der Waals surface area contributed by atoms with Crippen LogP contribution in [-0.4, -0.2) is 10.1 Å². The van der Waals surface area contributed by atoms with Crippen molar-refractivity contribution in [2.45, 2.75) is 6.54 Å². The summed E-state index contributed by atoms with van der Waals surface area (Å²) < 4.78 is 0. The number of para-hydroxylation sites is 1. The number of benzene rings is 1. The summed E-state index contributed by atoms with van der Waals surface area (Å²) in [6, 6.07) is 6.24. The van der Waals surface area contributed by atoms with Crippen molar-refractivity contribution in [1.82, 2.24) is 5.48 Å². The molecule has 0 saturated carbocycles. The third-order valence-corrected chi connectivity index (χ3v) is 1.46. The molecule has 1 rings (SSSR count). The van der Waals surface area contributed by atoms with E-state index in [9.17, 15) is 10.1 Å². The minimum absolute atomic E-state index is 0. The van der Waals surface area contributed by atoms with Gasteiger partial charge >= 0.3 is 0 Å². The summed E-state index contributed by atoms with van der Waals surface area (Å²) in [5, 5.41) is 18.7. The summed E-state index contributed by atoms with van der Waals surface area (Å²) in [4.78, 5) is 9.91. The number of hydrogen-bond donors (Lipinski definition) is 2. The van der Waals surface area contributed by atoms with Gasteiger partial charge in [-0.15, -0.1) is 12.4 Å². The van der Waals surface area contributed by atoms with Crippen LogP contribution >= 0.6 is 12.4 Å². The second-order valence-corrected chi connectivity index (χ2v) is 2.22. The van der Waals surface area contributed by atoms with Gasteiger partial charge in [0.15, 0.2) is 0 Å². The third kappa shape index (κ3) is 2.98. The molecule has 1 aromatic rings. The van der Waals surface area contributed by atoms with Gasteiger partial charge < -0.3 is 5.21 Å². The molecule has 0 heterocycles. The minimum atomic E-state index is -0.479. The van der Waals surface area contributed by atoms with Crippen LogP contribution in [0, 0.1) is 10.1 Å². The van der Waals surface area contributed by atoms with Crippen molar-refractivity contribution in [3.05, 3.63) is 39.9 Å². The molecule has 0 spiro atoms. The Kier molecular flexibility index (Phi) is 4.98. The van der Waals surface area contributed by atoms with Crippen LogP contribution < -0.4 is 5.48 Å². The fourth-order valence-corrected chi connectivity index (χ4v) is 0.924. The van der Waals surface area contributed by atoms with Crippen molar-refractivity contribution in [1.29, 1.82) is 0 Å². The molecule has 0 bridgehead atoms. The van der Waals surface area contributed by atoms with Gasteiger partial charge in [0.1, 0.15) is 0 Å². The fourth-order valence-electron chi connectivity index (χ4n) is 0.924. The number of hydroxylamine groups is 1. The van der Waals surface area contributed by atoms with Crippen LogP contribution in [0.4, 0.5) is 5.69 Å². The molecular formula is C7H9ClN2O3. The zero-order valence-electron chi connectivity index (χ0n) is 6.64. The molecule has 0 radical (unpaired) electrons. The summed E-state index contributed by atoms with van der Waals surface area (Å²) in [6.45, 7) is 0.0805. The Hall–Kier alpha value is -1.17. The van der Waals surface area contributed by atoms with Gasteiger partial charge in [-0.1, -0.05) is 18.2 Å². The SMILES string of the molecule is Cl.O=[N+]([O-])c1ccccc1CNO. The van der Waals surface area contributed by atoms with Gasteiger partial charge in [0.05, 0.1) is 11.5 Å². The van der Waals surface area contributed by atoms with Crippen molar-refractivity contribution in [3.8, 4) is 0 Å². The number of halogens is 1. The maximum absolute atomic E-state index is 10.4. The lowest BCUT2D eigenvalue weighted by Crippen LogP contribution is -2.08. The lowest BCUT2D eigenvalue weighted by atomic mass is 10.2. The summed E-state index contributed by atoms with van der Waals surface area (Å²) in [7, 11) is 0. The van der Waals surface area contributed by atoms with Gasteiger partial charge in [0, 0.05) is 11.6 Å². The van der Waals surface area contributed by atoms with E-state index in [4.69, 9.17) is 5.21 Å². The normalized spacial score (nSPS) is 9.00. The van der Waals surface area contributed by atoms with E-state index in [1.807, 2.05) is 5.48 Å². The van der Waals surface area contributed by atoms with Crippen LogP contribution in [0.2, 0.25) is 0 Å². The van der Waals surface area contributed by atoms with Gasteiger partial charge in [-0.2, -0.15) is 0 Å². The van der Waals surface area contributed by atoms with Crippen LogP contribution in [0.3, 0.4) is 0 Å². The molecular weight excluding hydrogens is 196 g/mol. The van der Waals surface area contributed by atoms with E-state index in [-0.39, 0.29) is 24.6 Å². The van der Waals surface area contributed by atoms with Crippen molar-refractivity contribution in [2.75, 3.05) is 0 Å². The van der Waals surface area contributed by atoms with Crippen LogP contribution in [0.5, 0.6) is 0 Å². The van der Waals surface area contributed by atoms with Crippen molar-refractivity contribution in [2.24, 2.45) is 0 Å². The Bertz CT molecular complexity index is 293. The van der Waals surface area contributed by atoms with E-state index in [1.165, 1.54) is 6.07 Å². The Morgan fingerprint density at radius 3 is 2.62 bits per heavy atom. The van der Waals surface area contributed by atoms with E-state index in [0.29, 0.717) is 5.56 Å². The second-order valence-electron chi connectivity index (χ2n) is 2.22. The third-order valence-electron chi connectivity index (χ3n) is 1.46. The minimum Gasteiger partial charge on any atom is -0.316 e. The smallest absolute Gasteiger partial charge is 0.273 e. The number of nitrogens with zero attached hydrogens (tertiary/aromatic N) is 1. The largest absolute Gasteiger partial charge is 0.316 e. The predicted molar refractivity (Wildman–Crippen MR) is 49.0 cm³/mol. The lowest BCUT2D eigenvalue weighted by molar-refractivity contribution is -0.385. The number of hydrogen-bond acceptors (Lipinski definition) is 4. The zero-order valence-corrected chi connectivity index (χ0v) is 7.45. The van der Waals surface area contributed by atoms with Crippen molar-refractivity contribution >= 4 is 18.1 Å². The highest BCUT2D eigenvalue weighted by Gasteiger charge is 2.10. The van der Waals surface area contributed by atoms with E-state index in [2.05, 4.69) is 0 Å². The van der Waals surface area contributed by atoms with Crippen LogP contribution in [0.1, 0.15) is 5.56 Å². The Labute approximate surface area is 80.9 Å². The summed E-state index contributed by atoms with van der Waals surface area (Å²) in [5.74, 6) is 0. The zero-order chi connectivity index (χ0) is 8.97. The molecule has 0 atom stereocenters. The van der Waals surface area contributed by atoms with Gasteiger partial charge in [-0.25, -0.2) is 5.48 Å². The first-order valence-electron chi connectivity index (χ1n) is 3.35. The molecule has 0 fully saturated rings. The van der Waals surface area contributed by atoms with Gasteiger partial charge in [-0.05, 0) is 0 Å². The molecule has 0 unspecified atom stereocenters. The number of nitro benzene ring substituents is 1. The summed E-state index contributed by atoms with van der Waals surface area (Å²) in [6.07, 6.45) is 0. The van der Waals surface area contributed by atoms with Gasteiger partial charge in [0.25, 0.3) is 5.69 Å². The maximum atomic E-state index is 10.4. The van der Waals surface area contributed by atoms with Crippen molar-refractivity contribution in [3.63, 3.8) is 0 Å². The highest BCUT2D eigenvalue weighted by molar-refractivity contribution is 5.85. The van der Waals surface area contributed by atoms with Crippen LogP contribution in [0.25, 0.3) is 0 Å². The predicted octanol–water partition coefficient (Wildman–Crippen LogP) is 1.50. The highest BCUT2D eigenvalue weighted by atomic mass is 35.5. The lowest BCUT2D eigenvalue weighted by Gasteiger charge is -1.99. The number of nitrogens with one attached hydrogen (secondary N) is 1. The average Bonchev–Trinajstić information content (AvgIpc) is 2.05. The first kappa shape index (κ1) is 11.8. The summed E-state index contributed by atoms with van der Waals surface area (Å²) >= 11 is 0. The standard InChI is InChI=1S/C7H8N2O3.ClH/c10-8-5-6-3-1-2-4-7(6)9(11)12;/h1-4,8,10H,5H2;1H. The molecule has 5 nitrogen and oxygen atoms in total. The van der Waals surface area contributed by atoms with E-state index in [0.717, 1.165) is 0 Å². The second kappa shape index (κ2) is 5.47. The topological polar surface area (TPSA) is 75.4 Å². The molecule has 0 saturated heterocycles. The van der Waals surface area contributed by atoms with E-state index >= 15 is 0 Å². The maximum Gasteiger partial charge on any atom is 0.273 e. The molecule has 13 heavy (non-hydrogen) atoms. The molecule has 0 aliphatic heterocycles. The van der Waals surface area contributed by atoms with Crippen molar-refractivity contribution < 1.29 is 10.1 Å². The molecule has 0 amide bonds. The molecule has 1 aromatic carbocycles. The van der Waals surface area contributed by atoms with E-state index in [1.54, 1.807) is 18.2 Å². The van der Waals surface area contributed by atoms with Crippen LogP contribution in [0.15, 0.2) is 24.3 Å². The summed E-state index contributed by atoms with van der Waals surface area (Å²) in [5.41, 5.74) is 2.35. The monoisotopic (exact) mass is 204 g/mol.